The number of benzene rings is 2. The van der Waals surface area contributed by atoms with Crippen molar-refractivity contribution in [1.29, 1.82) is 0 Å². The Hall–Kier alpha value is -3.76. The zero-order valence-corrected chi connectivity index (χ0v) is 22.7. The van der Waals surface area contributed by atoms with Gasteiger partial charge in [0.15, 0.2) is 16.3 Å². The molecule has 8 nitrogen and oxygen atoms in total. The molecule has 0 fully saturated rings. The number of halogens is 1. The molecular formula is C27H23BrN2O6S. The molecule has 190 valence electrons. The fraction of sp³-hybridized carbons (Fsp3) is 0.185. The number of allylic oxidation sites excluding steroid dienone is 1. The third-order valence-corrected chi connectivity index (χ3v) is 7.01. The highest BCUT2D eigenvalue weighted by Gasteiger charge is 2.34. The van der Waals surface area contributed by atoms with Crippen molar-refractivity contribution in [2.24, 2.45) is 4.99 Å². The fourth-order valence-corrected chi connectivity index (χ4v) is 5.23. The molecule has 0 spiro atoms. The molecule has 1 aliphatic heterocycles. The van der Waals surface area contributed by atoms with Crippen molar-refractivity contribution in [2.75, 3.05) is 13.7 Å². The number of carbonyl (C=O) groups is 2. The summed E-state index contributed by atoms with van der Waals surface area (Å²) in [5, 5.41) is 0. The van der Waals surface area contributed by atoms with Crippen molar-refractivity contribution in [3.63, 3.8) is 0 Å². The lowest BCUT2D eigenvalue weighted by Gasteiger charge is -2.25. The van der Waals surface area contributed by atoms with Crippen LogP contribution < -0.4 is 24.4 Å². The number of hydrogen-bond acceptors (Lipinski definition) is 8. The van der Waals surface area contributed by atoms with E-state index in [1.165, 1.54) is 36.0 Å². The Morgan fingerprint density at radius 2 is 1.92 bits per heavy atom. The molecule has 2 heterocycles. The summed E-state index contributed by atoms with van der Waals surface area (Å²) in [4.78, 5) is 43.4. The summed E-state index contributed by atoms with van der Waals surface area (Å²) < 4.78 is 18.9. The first-order valence-electron chi connectivity index (χ1n) is 11.2. The molecule has 0 saturated carbocycles. The van der Waals surface area contributed by atoms with Gasteiger partial charge in [-0.2, -0.15) is 0 Å². The molecule has 4 rings (SSSR count). The van der Waals surface area contributed by atoms with Crippen LogP contribution >= 0.6 is 27.3 Å². The Labute approximate surface area is 225 Å². The average Bonchev–Trinajstić information content (AvgIpc) is 3.17. The molecule has 3 aromatic rings. The highest BCUT2D eigenvalue weighted by atomic mass is 79.9. The summed E-state index contributed by atoms with van der Waals surface area (Å²) in [5.41, 5.74) is 1.74. The predicted molar refractivity (Wildman–Crippen MR) is 143 cm³/mol. The van der Waals surface area contributed by atoms with Gasteiger partial charge in [0.1, 0.15) is 6.61 Å². The normalized spacial score (nSPS) is 15.0. The minimum atomic E-state index is -0.846. The van der Waals surface area contributed by atoms with Crippen molar-refractivity contribution >= 4 is 45.3 Å². The lowest BCUT2D eigenvalue weighted by Crippen LogP contribution is -2.40. The van der Waals surface area contributed by atoms with Gasteiger partial charge in [-0.05, 0) is 48.4 Å². The summed E-state index contributed by atoms with van der Waals surface area (Å²) in [7, 11) is 1.44. The molecule has 0 radical (unpaired) electrons. The van der Waals surface area contributed by atoms with Gasteiger partial charge < -0.3 is 14.2 Å². The molecule has 10 heteroatoms. The van der Waals surface area contributed by atoms with Crippen LogP contribution in [0, 0.1) is 0 Å². The number of ether oxygens (including phenoxy) is 3. The largest absolute Gasteiger partial charge is 0.493 e. The summed E-state index contributed by atoms with van der Waals surface area (Å²) in [6, 6.07) is 11.6. The van der Waals surface area contributed by atoms with Crippen LogP contribution in [0.4, 0.5) is 0 Å². The third kappa shape index (κ3) is 5.50. The van der Waals surface area contributed by atoms with Gasteiger partial charge in [-0.15, -0.1) is 0 Å². The van der Waals surface area contributed by atoms with Gasteiger partial charge >= 0.3 is 11.9 Å². The minimum Gasteiger partial charge on any atom is -0.493 e. The van der Waals surface area contributed by atoms with E-state index in [4.69, 9.17) is 14.2 Å². The average molecular weight is 583 g/mol. The zero-order chi connectivity index (χ0) is 26.7. The van der Waals surface area contributed by atoms with E-state index in [9.17, 15) is 14.4 Å². The second-order valence-corrected chi connectivity index (χ2v) is 9.95. The minimum absolute atomic E-state index is 0.00499. The molecule has 37 heavy (non-hydrogen) atoms. The van der Waals surface area contributed by atoms with Crippen LogP contribution in [0.1, 0.15) is 31.0 Å². The summed E-state index contributed by atoms with van der Waals surface area (Å²) in [5.74, 6) is -0.621. The van der Waals surface area contributed by atoms with E-state index >= 15 is 0 Å². The Morgan fingerprint density at radius 1 is 1.19 bits per heavy atom. The first kappa shape index (κ1) is 26.3. The monoisotopic (exact) mass is 582 g/mol. The highest BCUT2D eigenvalue weighted by Crippen LogP contribution is 2.36. The first-order valence-corrected chi connectivity index (χ1v) is 12.8. The predicted octanol–water partition coefficient (Wildman–Crippen LogP) is 3.66. The number of esters is 2. The number of thiazole rings is 1. The smallest absolute Gasteiger partial charge is 0.338 e. The Kier molecular flexibility index (Phi) is 7.89. The van der Waals surface area contributed by atoms with Crippen molar-refractivity contribution in [1.82, 2.24) is 4.57 Å². The molecule has 0 saturated heterocycles. The zero-order valence-electron chi connectivity index (χ0n) is 20.3. The fourth-order valence-electron chi connectivity index (χ4n) is 3.91. The van der Waals surface area contributed by atoms with E-state index in [1.807, 2.05) is 24.3 Å². The molecule has 0 bridgehead atoms. The Balaban J connectivity index is 1.93. The van der Waals surface area contributed by atoms with E-state index in [0.29, 0.717) is 20.6 Å². The van der Waals surface area contributed by atoms with Gasteiger partial charge in [-0.25, -0.2) is 9.79 Å². The van der Waals surface area contributed by atoms with Crippen LogP contribution in [0.15, 0.2) is 80.6 Å². The molecule has 2 aromatic carbocycles. The molecule has 0 aliphatic carbocycles. The topological polar surface area (TPSA) is 96.2 Å². The van der Waals surface area contributed by atoms with Gasteiger partial charge in [-0.3, -0.25) is 14.2 Å². The lowest BCUT2D eigenvalue weighted by atomic mass is 9.95. The number of fused-ring (bicyclic) bond motifs is 1. The van der Waals surface area contributed by atoms with Gasteiger partial charge in [0, 0.05) is 11.4 Å². The van der Waals surface area contributed by atoms with Crippen molar-refractivity contribution in [2.45, 2.75) is 19.9 Å². The van der Waals surface area contributed by atoms with Crippen molar-refractivity contribution < 1.29 is 23.8 Å². The number of aromatic nitrogens is 1. The van der Waals surface area contributed by atoms with Gasteiger partial charge in [0.05, 0.1) is 29.0 Å². The lowest BCUT2D eigenvalue weighted by molar-refractivity contribution is -0.138. The van der Waals surface area contributed by atoms with E-state index < -0.39 is 18.0 Å². The van der Waals surface area contributed by atoms with Crippen LogP contribution in [0.5, 0.6) is 11.5 Å². The van der Waals surface area contributed by atoms with Crippen LogP contribution in [0.25, 0.3) is 6.08 Å². The Morgan fingerprint density at radius 3 is 2.57 bits per heavy atom. The second-order valence-electron chi connectivity index (χ2n) is 8.02. The van der Waals surface area contributed by atoms with E-state index in [1.54, 1.807) is 31.2 Å². The SMILES string of the molecule is C=CCOC(=O)C1=C(C)N=c2s/c(=C\c3ccc(Br)cc3)c(=O)n2C1c1ccc(OC(C)=O)c(OC)c1. The highest BCUT2D eigenvalue weighted by molar-refractivity contribution is 9.10. The van der Waals surface area contributed by atoms with Gasteiger partial charge in [0.2, 0.25) is 0 Å². The molecule has 1 aromatic heterocycles. The van der Waals surface area contributed by atoms with Crippen molar-refractivity contribution in [3.05, 3.63) is 102 Å². The van der Waals surface area contributed by atoms with Crippen LogP contribution in [-0.2, 0) is 14.3 Å². The van der Waals surface area contributed by atoms with E-state index in [0.717, 1.165) is 10.0 Å². The number of methoxy groups -OCH3 is 1. The summed E-state index contributed by atoms with van der Waals surface area (Å²) in [6.45, 7) is 6.59. The third-order valence-electron chi connectivity index (χ3n) is 5.50. The van der Waals surface area contributed by atoms with Crippen LogP contribution in [0.3, 0.4) is 0 Å². The molecule has 1 atom stereocenters. The molecular weight excluding hydrogens is 560 g/mol. The number of nitrogens with zero attached hydrogens (tertiary/aromatic N) is 2. The maximum absolute atomic E-state index is 13.7. The molecule has 1 unspecified atom stereocenters. The molecule has 1 aliphatic rings. The van der Waals surface area contributed by atoms with Gasteiger partial charge in [0.25, 0.3) is 5.56 Å². The molecule has 0 N–H and O–H groups in total. The number of hydrogen-bond donors (Lipinski definition) is 0. The first-order chi connectivity index (χ1) is 17.7. The van der Waals surface area contributed by atoms with Crippen LogP contribution in [0.2, 0.25) is 0 Å². The van der Waals surface area contributed by atoms with E-state index in [-0.39, 0.29) is 29.2 Å². The molecule has 0 amide bonds. The van der Waals surface area contributed by atoms with Gasteiger partial charge in [-0.1, -0.05) is 58.1 Å². The summed E-state index contributed by atoms with van der Waals surface area (Å²) in [6.07, 6.45) is 3.25. The van der Waals surface area contributed by atoms with Crippen LogP contribution in [-0.4, -0.2) is 30.2 Å². The number of carbonyl (C=O) groups excluding carboxylic acids is 2. The quantitative estimate of drug-likeness (QED) is 0.240. The standard InChI is InChI=1S/C27H23BrN2O6S/c1-5-12-35-26(33)23-15(2)29-27-30(25(32)22(37-27)13-17-6-9-19(28)10-7-17)24(23)18-8-11-20(36-16(3)31)21(14-18)34-4/h5-11,13-14,24H,1,12H2,2-4H3/b22-13-. The van der Waals surface area contributed by atoms with Crippen molar-refractivity contribution in [3.8, 4) is 11.5 Å². The summed E-state index contributed by atoms with van der Waals surface area (Å²) >= 11 is 4.64. The maximum atomic E-state index is 13.7. The maximum Gasteiger partial charge on any atom is 0.338 e. The second kappa shape index (κ2) is 11.1. The Bertz CT molecular complexity index is 1600. The number of rotatable bonds is 7. The van der Waals surface area contributed by atoms with E-state index in [2.05, 4.69) is 27.5 Å².